The standard InChI is InChI=1S/C23H23ClO/c1-3-4-5-17-6-8-18(9-7-17)20-12-15-22(23(24)16-20)19-10-13-21(25-2)14-11-19/h6-16H,3-5H2,1-2H3. The molecule has 0 atom stereocenters. The zero-order valence-electron chi connectivity index (χ0n) is 14.8. The molecule has 0 aliphatic heterocycles. The zero-order valence-corrected chi connectivity index (χ0v) is 15.5. The first-order valence-electron chi connectivity index (χ1n) is 8.74. The molecule has 128 valence electrons. The Morgan fingerprint density at radius 3 is 2.04 bits per heavy atom. The number of benzene rings is 3. The summed E-state index contributed by atoms with van der Waals surface area (Å²) in [5.74, 6) is 0.847. The van der Waals surface area contributed by atoms with Crippen LogP contribution in [-0.2, 0) is 6.42 Å². The van der Waals surface area contributed by atoms with Crippen LogP contribution in [-0.4, -0.2) is 7.11 Å². The molecule has 1 nitrogen and oxygen atoms in total. The lowest BCUT2D eigenvalue weighted by Crippen LogP contribution is -1.86. The van der Waals surface area contributed by atoms with Gasteiger partial charge in [-0.15, -0.1) is 0 Å². The quantitative estimate of drug-likeness (QED) is 0.464. The van der Waals surface area contributed by atoms with Gasteiger partial charge in [-0.3, -0.25) is 0 Å². The first-order chi connectivity index (χ1) is 12.2. The highest BCUT2D eigenvalue weighted by Gasteiger charge is 2.07. The van der Waals surface area contributed by atoms with Gasteiger partial charge in [0.05, 0.1) is 7.11 Å². The summed E-state index contributed by atoms with van der Waals surface area (Å²) in [7, 11) is 1.67. The van der Waals surface area contributed by atoms with Crippen molar-refractivity contribution in [1.82, 2.24) is 0 Å². The fourth-order valence-electron chi connectivity index (χ4n) is 2.94. The van der Waals surface area contributed by atoms with Gasteiger partial charge in [-0.1, -0.05) is 73.5 Å². The second-order valence-electron chi connectivity index (χ2n) is 6.22. The zero-order chi connectivity index (χ0) is 17.6. The van der Waals surface area contributed by atoms with E-state index in [0.717, 1.165) is 33.9 Å². The summed E-state index contributed by atoms with van der Waals surface area (Å²) in [6, 6.07) is 23.0. The SMILES string of the molecule is CCCCc1ccc(-c2ccc(-c3ccc(OC)cc3)c(Cl)c2)cc1. The van der Waals surface area contributed by atoms with Crippen molar-refractivity contribution in [3.05, 3.63) is 77.3 Å². The van der Waals surface area contributed by atoms with Crippen LogP contribution in [0, 0.1) is 0 Å². The minimum atomic E-state index is 0.762. The van der Waals surface area contributed by atoms with Gasteiger partial charge in [0.15, 0.2) is 0 Å². The largest absolute Gasteiger partial charge is 0.497 e. The fourth-order valence-corrected chi connectivity index (χ4v) is 3.23. The van der Waals surface area contributed by atoms with E-state index in [2.05, 4.69) is 43.3 Å². The van der Waals surface area contributed by atoms with Crippen LogP contribution in [0.1, 0.15) is 25.3 Å². The smallest absolute Gasteiger partial charge is 0.118 e. The molecule has 2 heteroatoms. The third-order valence-electron chi connectivity index (χ3n) is 4.48. The van der Waals surface area contributed by atoms with Gasteiger partial charge < -0.3 is 4.74 Å². The summed E-state index contributed by atoms with van der Waals surface area (Å²) in [5.41, 5.74) is 5.86. The van der Waals surface area contributed by atoms with E-state index in [1.165, 1.54) is 24.0 Å². The number of hydrogen-bond donors (Lipinski definition) is 0. The van der Waals surface area contributed by atoms with Gasteiger partial charge in [0.25, 0.3) is 0 Å². The van der Waals surface area contributed by atoms with E-state index in [9.17, 15) is 0 Å². The summed E-state index contributed by atoms with van der Waals surface area (Å²) < 4.78 is 5.21. The molecule has 0 aliphatic rings. The Bertz CT molecular complexity index is 820. The van der Waals surface area contributed by atoms with Crippen molar-refractivity contribution in [3.8, 4) is 28.0 Å². The van der Waals surface area contributed by atoms with Crippen LogP contribution in [0.5, 0.6) is 5.75 Å². The van der Waals surface area contributed by atoms with Gasteiger partial charge in [0, 0.05) is 10.6 Å². The maximum Gasteiger partial charge on any atom is 0.118 e. The maximum atomic E-state index is 6.56. The Morgan fingerprint density at radius 2 is 1.44 bits per heavy atom. The van der Waals surface area contributed by atoms with Crippen LogP contribution in [0.4, 0.5) is 0 Å². The number of ether oxygens (including phenoxy) is 1. The van der Waals surface area contributed by atoms with Crippen molar-refractivity contribution < 1.29 is 4.74 Å². The van der Waals surface area contributed by atoms with Gasteiger partial charge in [0.1, 0.15) is 5.75 Å². The minimum absolute atomic E-state index is 0.762. The highest BCUT2D eigenvalue weighted by molar-refractivity contribution is 6.33. The summed E-state index contributed by atoms with van der Waals surface area (Å²) in [5, 5.41) is 0.762. The van der Waals surface area contributed by atoms with E-state index in [0.29, 0.717) is 0 Å². The number of methoxy groups -OCH3 is 1. The van der Waals surface area contributed by atoms with E-state index in [1.807, 2.05) is 30.3 Å². The average molecular weight is 351 g/mol. The van der Waals surface area contributed by atoms with Crippen LogP contribution in [0.3, 0.4) is 0 Å². The van der Waals surface area contributed by atoms with Gasteiger partial charge in [0.2, 0.25) is 0 Å². The number of halogens is 1. The Balaban J connectivity index is 1.83. The van der Waals surface area contributed by atoms with Crippen molar-refractivity contribution in [1.29, 1.82) is 0 Å². The van der Waals surface area contributed by atoms with Crippen LogP contribution in [0.25, 0.3) is 22.3 Å². The summed E-state index contributed by atoms with van der Waals surface area (Å²) in [6.07, 6.45) is 3.61. The highest BCUT2D eigenvalue weighted by Crippen LogP contribution is 2.33. The normalized spacial score (nSPS) is 10.7. The van der Waals surface area contributed by atoms with Gasteiger partial charge in [-0.2, -0.15) is 0 Å². The molecule has 3 rings (SSSR count). The molecule has 0 unspecified atom stereocenters. The van der Waals surface area contributed by atoms with E-state index in [-0.39, 0.29) is 0 Å². The van der Waals surface area contributed by atoms with Crippen molar-refractivity contribution in [2.24, 2.45) is 0 Å². The molecule has 0 fully saturated rings. The van der Waals surface area contributed by atoms with Gasteiger partial charge >= 0.3 is 0 Å². The van der Waals surface area contributed by atoms with Crippen LogP contribution >= 0.6 is 11.6 Å². The molecule has 0 N–H and O–H groups in total. The predicted molar refractivity (Wildman–Crippen MR) is 107 cm³/mol. The minimum Gasteiger partial charge on any atom is -0.497 e. The van der Waals surface area contributed by atoms with Crippen molar-refractivity contribution >= 4 is 11.6 Å². The van der Waals surface area contributed by atoms with E-state index in [1.54, 1.807) is 7.11 Å². The number of rotatable bonds is 6. The van der Waals surface area contributed by atoms with E-state index in [4.69, 9.17) is 16.3 Å². The lowest BCUT2D eigenvalue weighted by molar-refractivity contribution is 0.415. The topological polar surface area (TPSA) is 9.23 Å². The third kappa shape index (κ3) is 4.24. The molecule has 0 bridgehead atoms. The first-order valence-corrected chi connectivity index (χ1v) is 9.12. The Morgan fingerprint density at radius 1 is 0.800 bits per heavy atom. The third-order valence-corrected chi connectivity index (χ3v) is 4.79. The van der Waals surface area contributed by atoms with Crippen molar-refractivity contribution in [2.45, 2.75) is 26.2 Å². The summed E-state index contributed by atoms with van der Waals surface area (Å²) in [4.78, 5) is 0. The maximum absolute atomic E-state index is 6.56. The number of aryl methyl sites for hydroxylation is 1. The molecule has 25 heavy (non-hydrogen) atoms. The molecule has 0 aromatic heterocycles. The van der Waals surface area contributed by atoms with Crippen LogP contribution in [0.15, 0.2) is 66.7 Å². The predicted octanol–water partition coefficient (Wildman–Crippen LogP) is 7.03. The van der Waals surface area contributed by atoms with Gasteiger partial charge in [-0.05, 0) is 53.3 Å². The molecule has 0 radical (unpaired) electrons. The molecular weight excluding hydrogens is 328 g/mol. The molecule has 0 aliphatic carbocycles. The lowest BCUT2D eigenvalue weighted by Gasteiger charge is -2.09. The van der Waals surface area contributed by atoms with Crippen LogP contribution in [0.2, 0.25) is 5.02 Å². The van der Waals surface area contributed by atoms with E-state index >= 15 is 0 Å². The number of unbranched alkanes of at least 4 members (excludes halogenated alkanes) is 1. The van der Waals surface area contributed by atoms with Gasteiger partial charge in [-0.25, -0.2) is 0 Å². The molecule has 0 saturated carbocycles. The van der Waals surface area contributed by atoms with Crippen LogP contribution < -0.4 is 4.74 Å². The fraction of sp³-hybridized carbons (Fsp3) is 0.217. The molecule has 0 spiro atoms. The first kappa shape index (κ1) is 17.6. The Kier molecular flexibility index (Phi) is 5.78. The monoisotopic (exact) mass is 350 g/mol. The van der Waals surface area contributed by atoms with Crippen molar-refractivity contribution in [2.75, 3.05) is 7.11 Å². The molecule has 0 heterocycles. The highest BCUT2D eigenvalue weighted by atomic mass is 35.5. The summed E-state index contributed by atoms with van der Waals surface area (Å²) >= 11 is 6.56. The second-order valence-corrected chi connectivity index (χ2v) is 6.63. The summed E-state index contributed by atoms with van der Waals surface area (Å²) in [6.45, 7) is 2.22. The van der Waals surface area contributed by atoms with Crippen molar-refractivity contribution in [3.63, 3.8) is 0 Å². The Hall–Kier alpha value is -2.25. The lowest BCUT2D eigenvalue weighted by atomic mass is 9.98. The average Bonchev–Trinajstić information content (AvgIpc) is 2.67. The number of hydrogen-bond acceptors (Lipinski definition) is 1. The molecule has 3 aromatic rings. The Labute approximate surface area is 155 Å². The second kappa shape index (κ2) is 8.22. The molecule has 0 amide bonds. The van der Waals surface area contributed by atoms with E-state index < -0.39 is 0 Å². The molecular formula is C23H23ClO. The molecule has 3 aromatic carbocycles. The molecule has 0 saturated heterocycles.